The molecule has 1 fully saturated rings. The van der Waals surface area contributed by atoms with Gasteiger partial charge in [0.05, 0.1) is 24.2 Å². The molecule has 1 amide bonds. The second-order valence-corrected chi connectivity index (χ2v) is 9.54. The number of carbonyl (C=O) groups excluding carboxylic acids is 1. The van der Waals surface area contributed by atoms with Crippen molar-refractivity contribution in [3.63, 3.8) is 0 Å². The Hall–Kier alpha value is -2.42. The number of piperidine rings is 1. The van der Waals surface area contributed by atoms with E-state index in [9.17, 15) is 13.2 Å². The number of hydrogen-bond acceptors (Lipinski definition) is 5. The molecule has 1 N–H and O–H groups in total. The van der Waals surface area contributed by atoms with E-state index in [1.807, 2.05) is 12.1 Å². The van der Waals surface area contributed by atoms with Crippen molar-refractivity contribution in [2.75, 3.05) is 33.9 Å². The van der Waals surface area contributed by atoms with Gasteiger partial charge in [-0.3, -0.25) is 4.79 Å². The molecule has 1 saturated heterocycles. The standard InChI is InChI=1S/C22H26N2O5S/c1-23-21(25)17-6-3-7-18(15-17)30(26,27)24-12-10-22(11-13-24)20-16(9-14-29-22)5-4-8-19(20)28-2/h3-8,15H,9-14H2,1-2H3,(H,23,25). The van der Waals surface area contributed by atoms with Gasteiger partial charge in [0.25, 0.3) is 5.91 Å². The van der Waals surface area contributed by atoms with Crippen LogP contribution in [-0.4, -0.2) is 52.5 Å². The molecule has 2 aromatic carbocycles. The van der Waals surface area contributed by atoms with Gasteiger partial charge in [-0.15, -0.1) is 0 Å². The molecule has 30 heavy (non-hydrogen) atoms. The Labute approximate surface area is 177 Å². The summed E-state index contributed by atoms with van der Waals surface area (Å²) in [5.74, 6) is 0.478. The molecule has 0 radical (unpaired) electrons. The minimum Gasteiger partial charge on any atom is -0.496 e. The molecular weight excluding hydrogens is 404 g/mol. The molecule has 0 unspecified atom stereocenters. The van der Waals surface area contributed by atoms with Crippen LogP contribution in [0.1, 0.15) is 34.3 Å². The maximum Gasteiger partial charge on any atom is 0.251 e. The second kappa shape index (κ2) is 8.02. The lowest BCUT2D eigenvalue weighted by Crippen LogP contribution is -2.48. The summed E-state index contributed by atoms with van der Waals surface area (Å²) in [4.78, 5) is 12.0. The lowest BCUT2D eigenvalue weighted by atomic mass is 9.79. The van der Waals surface area contributed by atoms with Crippen molar-refractivity contribution in [2.24, 2.45) is 0 Å². The van der Waals surface area contributed by atoms with E-state index in [0.717, 1.165) is 17.7 Å². The highest BCUT2D eigenvalue weighted by Crippen LogP contribution is 2.46. The van der Waals surface area contributed by atoms with Gasteiger partial charge in [0, 0.05) is 31.3 Å². The average molecular weight is 431 g/mol. The number of methoxy groups -OCH3 is 1. The van der Waals surface area contributed by atoms with E-state index in [1.54, 1.807) is 19.2 Å². The Balaban J connectivity index is 1.60. The highest BCUT2D eigenvalue weighted by atomic mass is 32.2. The number of benzene rings is 2. The third-order valence-electron chi connectivity index (χ3n) is 6.03. The number of hydrogen-bond donors (Lipinski definition) is 1. The van der Waals surface area contributed by atoms with E-state index in [0.29, 0.717) is 38.1 Å². The van der Waals surface area contributed by atoms with Crippen LogP contribution >= 0.6 is 0 Å². The van der Waals surface area contributed by atoms with Crippen molar-refractivity contribution in [3.8, 4) is 5.75 Å². The van der Waals surface area contributed by atoms with Gasteiger partial charge in [0.2, 0.25) is 10.0 Å². The predicted octanol–water partition coefficient (Wildman–Crippen LogP) is 2.31. The monoisotopic (exact) mass is 430 g/mol. The van der Waals surface area contributed by atoms with E-state index in [1.165, 1.54) is 29.0 Å². The summed E-state index contributed by atoms with van der Waals surface area (Å²) in [6, 6.07) is 12.2. The van der Waals surface area contributed by atoms with Gasteiger partial charge in [-0.2, -0.15) is 4.31 Å². The maximum atomic E-state index is 13.2. The Bertz CT molecular complexity index is 1040. The van der Waals surface area contributed by atoms with E-state index in [2.05, 4.69) is 11.4 Å². The number of fused-ring (bicyclic) bond motifs is 2. The van der Waals surface area contributed by atoms with Crippen LogP contribution in [0.2, 0.25) is 0 Å². The minimum absolute atomic E-state index is 0.127. The second-order valence-electron chi connectivity index (χ2n) is 7.60. The molecule has 0 atom stereocenters. The lowest BCUT2D eigenvalue weighted by Gasteiger charge is -2.45. The summed E-state index contributed by atoms with van der Waals surface area (Å²) in [6.45, 7) is 1.29. The molecule has 0 aromatic heterocycles. The predicted molar refractivity (Wildman–Crippen MR) is 112 cm³/mol. The number of carbonyl (C=O) groups is 1. The zero-order valence-electron chi connectivity index (χ0n) is 17.2. The molecule has 7 nitrogen and oxygen atoms in total. The number of sulfonamides is 1. The van der Waals surface area contributed by atoms with Crippen LogP contribution in [0.25, 0.3) is 0 Å². The molecule has 0 saturated carbocycles. The van der Waals surface area contributed by atoms with Crippen LogP contribution in [0.5, 0.6) is 5.75 Å². The molecule has 2 aromatic rings. The van der Waals surface area contributed by atoms with Crippen molar-refractivity contribution in [1.29, 1.82) is 0 Å². The lowest BCUT2D eigenvalue weighted by molar-refractivity contribution is -0.0904. The fraction of sp³-hybridized carbons (Fsp3) is 0.409. The first-order chi connectivity index (χ1) is 14.4. The molecule has 2 aliphatic rings. The first kappa shape index (κ1) is 20.8. The van der Waals surface area contributed by atoms with E-state index >= 15 is 0 Å². The Morgan fingerprint density at radius 3 is 2.60 bits per heavy atom. The van der Waals surface area contributed by atoms with Crippen molar-refractivity contribution >= 4 is 15.9 Å². The zero-order chi connectivity index (χ0) is 21.4. The van der Waals surface area contributed by atoms with Crippen molar-refractivity contribution in [3.05, 3.63) is 59.2 Å². The van der Waals surface area contributed by atoms with Gasteiger partial charge in [0.15, 0.2) is 0 Å². The number of amides is 1. The third-order valence-corrected chi connectivity index (χ3v) is 7.92. The van der Waals surface area contributed by atoms with Gasteiger partial charge in [0.1, 0.15) is 5.75 Å². The van der Waals surface area contributed by atoms with Crippen molar-refractivity contribution in [2.45, 2.75) is 29.8 Å². The number of rotatable bonds is 4. The Kier molecular flexibility index (Phi) is 5.57. The smallest absolute Gasteiger partial charge is 0.251 e. The SMILES string of the molecule is CNC(=O)c1cccc(S(=O)(=O)N2CCC3(CC2)OCCc2cccc(OC)c23)c1. The molecule has 2 aliphatic heterocycles. The summed E-state index contributed by atoms with van der Waals surface area (Å²) in [6.07, 6.45) is 1.92. The van der Waals surface area contributed by atoms with Gasteiger partial charge < -0.3 is 14.8 Å². The first-order valence-electron chi connectivity index (χ1n) is 10.0. The van der Waals surface area contributed by atoms with E-state index in [-0.39, 0.29) is 10.8 Å². The Morgan fingerprint density at radius 2 is 1.90 bits per heavy atom. The topological polar surface area (TPSA) is 84.9 Å². The van der Waals surface area contributed by atoms with Crippen LogP contribution in [0, 0.1) is 0 Å². The normalized spacial score (nSPS) is 18.6. The minimum atomic E-state index is -3.71. The fourth-order valence-electron chi connectivity index (χ4n) is 4.47. The molecular formula is C22H26N2O5S. The molecule has 0 aliphatic carbocycles. The highest BCUT2D eigenvalue weighted by molar-refractivity contribution is 7.89. The summed E-state index contributed by atoms with van der Waals surface area (Å²) < 4.78 is 39.8. The Morgan fingerprint density at radius 1 is 1.17 bits per heavy atom. The van der Waals surface area contributed by atoms with Gasteiger partial charge in [-0.05, 0) is 49.1 Å². The summed E-state index contributed by atoms with van der Waals surface area (Å²) in [7, 11) is -0.541. The quantitative estimate of drug-likeness (QED) is 0.805. The van der Waals surface area contributed by atoms with Crippen LogP contribution in [0.15, 0.2) is 47.4 Å². The molecule has 4 rings (SSSR count). The number of nitrogens with one attached hydrogen (secondary N) is 1. The zero-order valence-corrected chi connectivity index (χ0v) is 18.0. The van der Waals surface area contributed by atoms with Crippen molar-refractivity contribution in [1.82, 2.24) is 9.62 Å². The summed E-state index contributed by atoms with van der Waals surface area (Å²) in [5.41, 5.74) is 2.05. The van der Waals surface area contributed by atoms with Gasteiger partial charge >= 0.3 is 0 Å². The third kappa shape index (κ3) is 3.49. The molecule has 160 valence electrons. The molecule has 1 spiro atoms. The van der Waals surface area contributed by atoms with Gasteiger partial charge in [-0.25, -0.2) is 8.42 Å². The van der Waals surface area contributed by atoms with E-state index in [4.69, 9.17) is 9.47 Å². The van der Waals surface area contributed by atoms with E-state index < -0.39 is 15.6 Å². The average Bonchev–Trinajstić information content (AvgIpc) is 2.78. The van der Waals surface area contributed by atoms with Crippen LogP contribution < -0.4 is 10.1 Å². The summed E-state index contributed by atoms with van der Waals surface area (Å²) in [5, 5.41) is 2.52. The van der Waals surface area contributed by atoms with Crippen molar-refractivity contribution < 1.29 is 22.7 Å². The van der Waals surface area contributed by atoms with Crippen LogP contribution in [-0.2, 0) is 26.8 Å². The largest absolute Gasteiger partial charge is 0.496 e. The fourth-order valence-corrected chi connectivity index (χ4v) is 5.96. The van der Waals surface area contributed by atoms with Gasteiger partial charge in [-0.1, -0.05) is 18.2 Å². The summed E-state index contributed by atoms with van der Waals surface area (Å²) >= 11 is 0. The van der Waals surface area contributed by atoms with Crippen LogP contribution in [0.4, 0.5) is 0 Å². The molecule has 8 heteroatoms. The maximum absolute atomic E-state index is 13.2. The highest BCUT2D eigenvalue weighted by Gasteiger charge is 2.45. The number of nitrogens with zero attached hydrogens (tertiary/aromatic N) is 1. The molecule has 0 bridgehead atoms. The molecule has 2 heterocycles. The first-order valence-corrected chi connectivity index (χ1v) is 11.5. The number of ether oxygens (including phenoxy) is 2. The van der Waals surface area contributed by atoms with Crippen LogP contribution in [0.3, 0.4) is 0 Å².